The highest BCUT2D eigenvalue weighted by Crippen LogP contribution is 2.34. The van der Waals surface area contributed by atoms with E-state index in [1.165, 1.54) is 0 Å². The van der Waals surface area contributed by atoms with E-state index in [0.29, 0.717) is 11.8 Å². The lowest BCUT2D eigenvalue weighted by Gasteiger charge is -2.22. The third-order valence-corrected chi connectivity index (χ3v) is 5.89. The Balaban J connectivity index is 1.27. The van der Waals surface area contributed by atoms with Gasteiger partial charge in [-0.05, 0) is 31.7 Å². The minimum Gasteiger partial charge on any atom is -0.356 e. The first-order valence-corrected chi connectivity index (χ1v) is 9.85. The Morgan fingerprint density at radius 2 is 1.71 bits per heavy atom. The Hall–Kier alpha value is -2.74. The molecule has 3 aromatic heterocycles. The molecule has 0 bridgehead atoms. The van der Waals surface area contributed by atoms with Gasteiger partial charge in [0.05, 0.1) is 17.7 Å². The number of anilines is 1. The molecule has 0 aliphatic carbocycles. The molecular formula is C20H26N8. The van der Waals surface area contributed by atoms with Crippen molar-refractivity contribution in [3.63, 3.8) is 0 Å². The van der Waals surface area contributed by atoms with E-state index in [1.54, 1.807) is 6.33 Å². The lowest BCUT2D eigenvalue weighted by Crippen LogP contribution is -2.29. The van der Waals surface area contributed by atoms with Gasteiger partial charge in [-0.15, -0.1) is 0 Å². The summed E-state index contributed by atoms with van der Waals surface area (Å²) in [5.74, 6) is 3.22. The van der Waals surface area contributed by atoms with Gasteiger partial charge in [0, 0.05) is 57.7 Å². The molecule has 0 N–H and O–H groups in total. The summed E-state index contributed by atoms with van der Waals surface area (Å²) >= 11 is 0. The van der Waals surface area contributed by atoms with E-state index in [9.17, 15) is 0 Å². The van der Waals surface area contributed by atoms with Crippen molar-refractivity contribution in [1.82, 2.24) is 34.2 Å². The Bertz CT molecular complexity index is 976. The standard InChI is InChI=1S/C20H26N8/c1-14-4-15(2)28(24-14)20-5-19(21-12-22-20)27-8-16-6-26(7-17(16)9-27)11-18-10-25(3)13-23-18/h4-5,10,12-13,16-17H,6-9,11H2,1-3H3. The lowest BCUT2D eigenvalue weighted by molar-refractivity contribution is 0.305. The zero-order valence-corrected chi connectivity index (χ0v) is 16.7. The first kappa shape index (κ1) is 17.4. The highest BCUT2D eigenvalue weighted by molar-refractivity contribution is 5.45. The van der Waals surface area contributed by atoms with Gasteiger partial charge in [0.15, 0.2) is 5.82 Å². The molecule has 8 heteroatoms. The quantitative estimate of drug-likeness (QED) is 0.687. The van der Waals surface area contributed by atoms with Crippen molar-refractivity contribution >= 4 is 5.82 Å². The van der Waals surface area contributed by atoms with Crippen molar-refractivity contribution in [2.45, 2.75) is 20.4 Å². The van der Waals surface area contributed by atoms with Gasteiger partial charge in [-0.1, -0.05) is 0 Å². The SMILES string of the molecule is Cc1cc(C)n(-c2cc(N3CC4CN(Cc5cn(C)cn5)CC4C3)ncn2)n1. The van der Waals surface area contributed by atoms with Crippen LogP contribution in [0.4, 0.5) is 5.82 Å². The molecule has 0 saturated carbocycles. The van der Waals surface area contributed by atoms with E-state index in [2.05, 4.69) is 55.1 Å². The zero-order valence-electron chi connectivity index (χ0n) is 16.7. The first-order valence-electron chi connectivity index (χ1n) is 9.85. The molecule has 2 aliphatic rings. The third kappa shape index (κ3) is 3.17. The average Bonchev–Trinajstić information content (AvgIpc) is 3.40. The summed E-state index contributed by atoms with van der Waals surface area (Å²) < 4.78 is 3.91. The number of aryl methyl sites for hydroxylation is 3. The van der Waals surface area contributed by atoms with E-state index in [-0.39, 0.29) is 0 Å². The summed E-state index contributed by atoms with van der Waals surface area (Å²) in [6, 6.07) is 4.13. The fourth-order valence-electron chi connectivity index (χ4n) is 4.67. The number of hydrogen-bond donors (Lipinski definition) is 0. The predicted molar refractivity (Wildman–Crippen MR) is 106 cm³/mol. The number of fused-ring (bicyclic) bond motifs is 1. The van der Waals surface area contributed by atoms with Gasteiger partial charge in [-0.2, -0.15) is 5.10 Å². The molecule has 3 aromatic rings. The molecule has 28 heavy (non-hydrogen) atoms. The lowest BCUT2D eigenvalue weighted by atomic mass is 10.0. The Kier molecular flexibility index (Phi) is 4.16. The second-order valence-electron chi connectivity index (χ2n) is 8.22. The van der Waals surface area contributed by atoms with Crippen molar-refractivity contribution in [3.05, 3.63) is 48.1 Å². The molecule has 2 atom stereocenters. The first-order chi connectivity index (χ1) is 13.5. The average molecular weight is 378 g/mol. The Labute approximate surface area is 164 Å². The van der Waals surface area contributed by atoms with Crippen LogP contribution in [0.15, 0.2) is 31.0 Å². The Morgan fingerprint density at radius 3 is 2.36 bits per heavy atom. The van der Waals surface area contributed by atoms with Gasteiger partial charge >= 0.3 is 0 Å². The normalized spacial score (nSPS) is 22.2. The minimum atomic E-state index is 0.691. The maximum absolute atomic E-state index is 4.55. The van der Waals surface area contributed by atoms with Crippen molar-refractivity contribution in [3.8, 4) is 5.82 Å². The molecular weight excluding hydrogens is 352 g/mol. The van der Waals surface area contributed by atoms with E-state index >= 15 is 0 Å². The number of rotatable bonds is 4. The number of likely N-dealkylation sites (tertiary alicyclic amines) is 1. The molecule has 0 spiro atoms. The second-order valence-corrected chi connectivity index (χ2v) is 8.22. The molecule has 0 amide bonds. The number of aromatic nitrogens is 6. The molecule has 0 aromatic carbocycles. The smallest absolute Gasteiger partial charge is 0.159 e. The van der Waals surface area contributed by atoms with Crippen LogP contribution < -0.4 is 4.90 Å². The van der Waals surface area contributed by atoms with E-state index in [0.717, 1.165) is 61.4 Å². The van der Waals surface area contributed by atoms with E-state index in [1.807, 2.05) is 29.5 Å². The molecule has 5 heterocycles. The van der Waals surface area contributed by atoms with Gasteiger partial charge in [0.2, 0.25) is 0 Å². The fourth-order valence-corrected chi connectivity index (χ4v) is 4.67. The van der Waals surface area contributed by atoms with Gasteiger partial charge in [-0.25, -0.2) is 19.6 Å². The summed E-state index contributed by atoms with van der Waals surface area (Å²) in [5.41, 5.74) is 3.25. The molecule has 0 radical (unpaired) electrons. The van der Waals surface area contributed by atoms with Crippen LogP contribution in [0.2, 0.25) is 0 Å². The van der Waals surface area contributed by atoms with Crippen LogP contribution >= 0.6 is 0 Å². The van der Waals surface area contributed by atoms with Crippen molar-refractivity contribution in [2.75, 3.05) is 31.1 Å². The fraction of sp³-hybridized carbons (Fsp3) is 0.500. The summed E-state index contributed by atoms with van der Waals surface area (Å²) in [6.07, 6.45) is 5.65. The van der Waals surface area contributed by atoms with Crippen LogP contribution in [-0.4, -0.2) is 60.4 Å². The maximum atomic E-state index is 4.55. The highest BCUT2D eigenvalue weighted by atomic mass is 15.3. The number of nitrogens with zero attached hydrogens (tertiary/aromatic N) is 8. The van der Waals surface area contributed by atoms with Crippen LogP contribution in [0, 0.1) is 25.7 Å². The van der Waals surface area contributed by atoms with Gasteiger partial charge < -0.3 is 9.47 Å². The second kappa shape index (κ2) is 6.70. The Morgan fingerprint density at radius 1 is 0.964 bits per heavy atom. The predicted octanol–water partition coefficient (Wildman–Crippen LogP) is 1.58. The monoisotopic (exact) mass is 378 g/mol. The summed E-state index contributed by atoms with van der Waals surface area (Å²) in [7, 11) is 2.02. The van der Waals surface area contributed by atoms with Crippen molar-refractivity contribution < 1.29 is 0 Å². The van der Waals surface area contributed by atoms with Crippen LogP contribution in [0.5, 0.6) is 0 Å². The summed E-state index contributed by atoms with van der Waals surface area (Å²) in [5, 5.41) is 4.55. The molecule has 5 rings (SSSR count). The van der Waals surface area contributed by atoms with Crippen LogP contribution in [0.1, 0.15) is 17.1 Å². The van der Waals surface area contributed by atoms with Crippen LogP contribution in [-0.2, 0) is 13.6 Å². The van der Waals surface area contributed by atoms with Crippen molar-refractivity contribution in [1.29, 1.82) is 0 Å². The molecule has 2 unspecified atom stereocenters. The third-order valence-electron chi connectivity index (χ3n) is 5.89. The molecule has 2 saturated heterocycles. The zero-order chi connectivity index (χ0) is 19.3. The number of imidazole rings is 1. The summed E-state index contributed by atoms with van der Waals surface area (Å²) in [6.45, 7) is 9.37. The molecule has 2 aliphatic heterocycles. The van der Waals surface area contributed by atoms with Gasteiger partial charge in [0.1, 0.15) is 12.1 Å². The molecule has 146 valence electrons. The molecule has 8 nitrogen and oxygen atoms in total. The van der Waals surface area contributed by atoms with Gasteiger partial charge in [0.25, 0.3) is 0 Å². The largest absolute Gasteiger partial charge is 0.356 e. The van der Waals surface area contributed by atoms with Crippen LogP contribution in [0.25, 0.3) is 5.82 Å². The molecule has 2 fully saturated rings. The van der Waals surface area contributed by atoms with E-state index < -0.39 is 0 Å². The van der Waals surface area contributed by atoms with Crippen LogP contribution in [0.3, 0.4) is 0 Å². The topological polar surface area (TPSA) is 67.9 Å². The summed E-state index contributed by atoms with van der Waals surface area (Å²) in [4.78, 5) is 18.4. The van der Waals surface area contributed by atoms with Gasteiger partial charge in [-0.3, -0.25) is 4.90 Å². The van der Waals surface area contributed by atoms with Crippen molar-refractivity contribution in [2.24, 2.45) is 18.9 Å². The van der Waals surface area contributed by atoms with E-state index in [4.69, 9.17) is 0 Å². The highest BCUT2D eigenvalue weighted by Gasteiger charge is 2.40. The maximum Gasteiger partial charge on any atom is 0.159 e. The number of hydrogen-bond acceptors (Lipinski definition) is 6. The minimum absolute atomic E-state index is 0.691.